The summed E-state index contributed by atoms with van der Waals surface area (Å²) in [5.41, 5.74) is 2.37. The number of benzene rings is 1. The molecule has 1 fully saturated rings. The fourth-order valence-electron chi connectivity index (χ4n) is 3.91. The van der Waals surface area contributed by atoms with Gasteiger partial charge >= 0.3 is 0 Å². The van der Waals surface area contributed by atoms with Crippen LogP contribution in [0.4, 0.5) is 5.82 Å². The third-order valence-corrected chi connectivity index (χ3v) is 7.53. The van der Waals surface area contributed by atoms with Crippen molar-refractivity contribution >= 4 is 33.3 Å². The number of carbonyl (C=O) groups is 1. The van der Waals surface area contributed by atoms with Gasteiger partial charge in [-0.1, -0.05) is 17.7 Å². The van der Waals surface area contributed by atoms with E-state index in [1.165, 1.54) is 16.1 Å². The highest BCUT2D eigenvalue weighted by atomic mass is 35.5. The zero-order valence-corrected chi connectivity index (χ0v) is 17.0. The van der Waals surface area contributed by atoms with E-state index in [1.807, 2.05) is 6.07 Å². The number of nitrogens with zero attached hydrogens (tertiary/aromatic N) is 2. The maximum atomic E-state index is 13.1. The number of sulfonamides is 1. The van der Waals surface area contributed by atoms with Gasteiger partial charge in [0.1, 0.15) is 5.82 Å². The predicted molar refractivity (Wildman–Crippen MR) is 108 cm³/mol. The van der Waals surface area contributed by atoms with Crippen LogP contribution >= 0.6 is 11.6 Å². The molecule has 1 amide bonds. The van der Waals surface area contributed by atoms with Crippen molar-refractivity contribution in [3.63, 3.8) is 0 Å². The van der Waals surface area contributed by atoms with Gasteiger partial charge in [0.15, 0.2) is 0 Å². The van der Waals surface area contributed by atoms with Crippen LogP contribution in [0.5, 0.6) is 0 Å². The maximum absolute atomic E-state index is 13.1. The highest BCUT2D eigenvalue weighted by Crippen LogP contribution is 2.29. The molecule has 2 heterocycles. The molecule has 2 aliphatic rings. The van der Waals surface area contributed by atoms with Gasteiger partial charge in [-0.2, -0.15) is 4.31 Å². The maximum Gasteiger partial charge on any atom is 0.243 e. The summed E-state index contributed by atoms with van der Waals surface area (Å²) in [4.78, 5) is 17.0. The van der Waals surface area contributed by atoms with Gasteiger partial charge in [-0.25, -0.2) is 13.4 Å². The lowest BCUT2D eigenvalue weighted by atomic mass is 9.99. The van der Waals surface area contributed by atoms with Gasteiger partial charge in [0, 0.05) is 19.3 Å². The van der Waals surface area contributed by atoms with Crippen molar-refractivity contribution in [3.8, 4) is 0 Å². The second-order valence-electron chi connectivity index (χ2n) is 7.34. The topological polar surface area (TPSA) is 79.4 Å². The fourth-order valence-corrected chi connectivity index (χ4v) is 5.60. The van der Waals surface area contributed by atoms with E-state index in [-0.39, 0.29) is 12.5 Å². The second kappa shape index (κ2) is 7.81. The van der Waals surface area contributed by atoms with Crippen LogP contribution in [0.1, 0.15) is 30.4 Å². The molecule has 2 aromatic rings. The monoisotopic (exact) mass is 419 g/mol. The molecule has 6 nitrogen and oxygen atoms in total. The smallest absolute Gasteiger partial charge is 0.243 e. The van der Waals surface area contributed by atoms with Crippen molar-refractivity contribution in [1.82, 2.24) is 9.29 Å². The summed E-state index contributed by atoms with van der Waals surface area (Å²) in [5.74, 6) is -0.216. The Morgan fingerprint density at radius 2 is 1.96 bits per heavy atom. The summed E-state index contributed by atoms with van der Waals surface area (Å²) in [6.07, 6.45) is 5.77. The molecule has 1 atom stereocenters. The van der Waals surface area contributed by atoms with Crippen LogP contribution in [0.15, 0.2) is 41.4 Å². The van der Waals surface area contributed by atoms with Crippen molar-refractivity contribution in [2.45, 2.75) is 37.0 Å². The number of piperidine rings is 1. The Labute approximate surface area is 170 Å². The number of aryl methyl sites for hydroxylation is 2. The third kappa shape index (κ3) is 3.92. The lowest BCUT2D eigenvalue weighted by Crippen LogP contribution is -2.43. The average molecular weight is 420 g/mol. The molecule has 4 rings (SSSR count). The molecule has 28 heavy (non-hydrogen) atoms. The van der Waals surface area contributed by atoms with Crippen LogP contribution in [0, 0.1) is 5.92 Å². The number of halogens is 1. The van der Waals surface area contributed by atoms with Crippen LogP contribution in [-0.4, -0.2) is 36.7 Å². The summed E-state index contributed by atoms with van der Waals surface area (Å²) in [6.45, 7) is 0.612. The van der Waals surface area contributed by atoms with E-state index >= 15 is 0 Å². The summed E-state index contributed by atoms with van der Waals surface area (Å²) in [5, 5.41) is 3.24. The number of pyridine rings is 1. The van der Waals surface area contributed by atoms with E-state index in [0.717, 1.165) is 24.8 Å². The van der Waals surface area contributed by atoms with Gasteiger partial charge < -0.3 is 5.32 Å². The summed E-state index contributed by atoms with van der Waals surface area (Å²) in [7, 11) is -3.61. The molecule has 1 N–H and O–H groups in total. The van der Waals surface area contributed by atoms with Crippen molar-refractivity contribution in [2.75, 3.05) is 18.4 Å². The normalized spacial score (nSPS) is 20.0. The number of fused-ring (bicyclic) bond motifs is 1. The number of hydrogen-bond donors (Lipinski definition) is 1. The van der Waals surface area contributed by atoms with Gasteiger partial charge in [-0.15, -0.1) is 0 Å². The zero-order valence-electron chi connectivity index (χ0n) is 15.4. The molecule has 0 radical (unpaired) electrons. The summed E-state index contributed by atoms with van der Waals surface area (Å²) < 4.78 is 27.7. The van der Waals surface area contributed by atoms with E-state index in [2.05, 4.69) is 10.3 Å². The SMILES string of the molecule is O=C(Nc1ccc(Cl)cn1)C1CCCN(S(=O)(=O)c2ccc3c(c2)CCC3)C1. The predicted octanol–water partition coefficient (Wildman–Crippen LogP) is 3.26. The second-order valence-corrected chi connectivity index (χ2v) is 9.71. The van der Waals surface area contributed by atoms with Crippen LogP contribution in [0.3, 0.4) is 0 Å². The number of nitrogens with one attached hydrogen (secondary N) is 1. The molecule has 0 spiro atoms. The molecule has 1 aliphatic heterocycles. The molecule has 1 aliphatic carbocycles. The van der Waals surface area contributed by atoms with Crippen molar-refractivity contribution in [2.24, 2.45) is 5.92 Å². The Balaban J connectivity index is 1.48. The molecule has 8 heteroatoms. The molecule has 0 saturated carbocycles. The number of aromatic nitrogens is 1. The fraction of sp³-hybridized carbons (Fsp3) is 0.400. The number of anilines is 1. The van der Waals surface area contributed by atoms with E-state index in [9.17, 15) is 13.2 Å². The van der Waals surface area contributed by atoms with Gasteiger partial charge in [0.05, 0.1) is 15.8 Å². The molecular formula is C20H22ClN3O3S. The van der Waals surface area contributed by atoms with E-state index in [0.29, 0.717) is 35.1 Å². The molecule has 1 aromatic carbocycles. The first kappa shape index (κ1) is 19.4. The van der Waals surface area contributed by atoms with Crippen molar-refractivity contribution in [1.29, 1.82) is 0 Å². The van der Waals surface area contributed by atoms with E-state index in [4.69, 9.17) is 11.6 Å². The van der Waals surface area contributed by atoms with Crippen LogP contribution in [0.2, 0.25) is 5.02 Å². The Kier molecular flexibility index (Phi) is 5.40. The minimum atomic E-state index is -3.61. The molecule has 1 aromatic heterocycles. The molecule has 1 saturated heterocycles. The molecular weight excluding hydrogens is 398 g/mol. The van der Waals surface area contributed by atoms with Crippen LogP contribution in [-0.2, 0) is 27.7 Å². The number of amides is 1. The van der Waals surface area contributed by atoms with Gasteiger partial charge in [0.2, 0.25) is 15.9 Å². The highest BCUT2D eigenvalue weighted by molar-refractivity contribution is 7.89. The van der Waals surface area contributed by atoms with Crippen molar-refractivity contribution in [3.05, 3.63) is 52.7 Å². The van der Waals surface area contributed by atoms with Gasteiger partial charge in [-0.3, -0.25) is 4.79 Å². The number of carbonyl (C=O) groups excluding carboxylic acids is 1. The first-order valence-electron chi connectivity index (χ1n) is 9.48. The Morgan fingerprint density at radius 1 is 1.14 bits per heavy atom. The van der Waals surface area contributed by atoms with Crippen molar-refractivity contribution < 1.29 is 13.2 Å². The summed E-state index contributed by atoms with van der Waals surface area (Å²) in [6, 6.07) is 8.70. The van der Waals surface area contributed by atoms with Gasteiger partial charge in [0.25, 0.3) is 0 Å². The van der Waals surface area contributed by atoms with Gasteiger partial charge in [-0.05, 0) is 67.5 Å². The van der Waals surface area contributed by atoms with Crippen LogP contribution in [0.25, 0.3) is 0 Å². The lowest BCUT2D eigenvalue weighted by molar-refractivity contribution is -0.120. The van der Waals surface area contributed by atoms with E-state index in [1.54, 1.807) is 24.3 Å². The minimum absolute atomic E-state index is 0.179. The van der Waals surface area contributed by atoms with Crippen LogP contribution < -0.4 is 5.32 Å². The first-order chi connectivity index (χ1) is 13.4. The standard InChI is InChI=1S/C20H22ClN3O3S/c21-17-7-9-19(22-12-17)23-20(25)16-5-2-10-24(13-16)28(26,27)18-8-6-14-3-1-4-15(14)11-18/h6-9,11-12,16H,1-5,10,13H2,(H,22,23,25). The summed E-state index contributed by atoms with van der Waals surface area (Å²) >= 11 is 5.81. The van der Waals surface area contributed by atoms with E-state index < -0.39 is 15.9 Å². The lowest BCUT2D eigenvalue weighted by Gasteiger charge is -2.31. The zero-order chi connectivity index (χ0) is 19.7. The average Bonchev–Trinajstić information content (AvgIpc) is 3.17. The Morgan fingerprint density at radius 3 is 2.75 bits per heavy atom. The number of rotatable bonds is 4. The third-order valence-electron chi connectivity index (χ3n) is 5.44. The minimum Gasteiger partial charge on any atom is -0.310 e. The molecule has 0 bridgehead atoms. The Hall–Kier alpha value is -1.96. The highest BCUT2D eigenvalue weighted by Gasteiger charge is 2.34. The quantitative estimate of drug-likeness (QED) is 0.824. The first-order valence-corrected chi connectivity index (χ1v) is 11.3. The molecule has 1 unspecified atom stereocenters. The number of hydrogen-bond acceptors (Lipinski definition) is 4. The largest absolute Gasteiger partial charge is 0.310 e. The Bertz CT molecular complexity index is 992. The molecule has 148 valence electrons.